The van der Waals surface area contributed by atoms with Gasteiger partial charge in [-0.05, 0) is 36.2 Å². The number of nitrogens with one attached hydrogen (secondary N) is 1. The van der Waals surface area contributed by atoms with Crippen LogP contribution in [0.2, 0.25) is 0 Å². The third-order valence-electron chi connectivity index (χ3n) is 3.06. The number of rotatable bonds is 7. The van der Waals surface area contributed by atoms with Gasteiger partial charge in [0.05, 0.1) is 18.9 Å². The summed E-state index contributed by atoms with van der Waals surface area (Å²) >= 11 is 0. The fraction of sp³-hybridized carbons (Fsp3) is 0.312. The van der Waals surface area contributed by atoms with Gasteiger partial charge in [-0.3, -0.25) is 4.79 Å². The predicted octanol–water partition coefficient (Wildman–Crippen LogP) is 2.42. The van der Waals surface area contributed by atoms with Crippen molar-refractivity contribution in [3.05, 3.63) is 54.0 Å². The van der Waals surface area contributed by atoms with Gasteiger partial charge in [-0.1, -0.05) is 19.1 Å². The minimum Gasteiger partial charge on any atom is -0.484 e. The highest BCUT2D eigenvalue weighted by Gasteiger charge is 2.06. The first-order chi connectivity index (χ1) is 10.2. The summed E-state index contributed by atoms with van der Waals surface area (Å²) in [5.41, 5.74) is 0.840. The number of ether oxygens (including phenoxy) is 1. The van der Waals surface area contributed by atoms with Crippen LogP contribution in [0.15, 0.2) is 47.1 Å². The molecule has 0 aliphatic heterocycles. The summed E-state index contributed by atoms with van der Waals surface area (Å²) < 4.78 is 10.5. The standard InChI is InChI=1S/C16H19NO4/c1-2-15(18)12-5-7-13(8-6-12)21-11-16(19)17-10-14-4-3-9-20-14/h3-9,15,18H,2,10-11H2,1H3,(H,17,19). The highest BCUT2D eigenvalue weighted by molar-refractivity contribution is 5.77. The maximum atomic E-state index is 11.6. The number of hydrogen-bond donors (Lipinski definition) is 2. The van der Waals surface area contributed by atoms with E-state index >= 15 is 0 Å². The van der Waals surface area contributed by atoms with E-state index in [-0.39, 0.29) is 12.5 Å². The number of benzene rings is 1. The van der Waals surface area contributed by atoms with E-state index < -0.39 is 6.10 Å². The van der Waals surface area contributed by atoms with E-state index in [4.69, 9.17) is 9.15 Å². The Morgan fingerprint density at radius 1 is 1.33 bits per heavy atom. The number of carbonyl (C=O) groups is 1. The van der Waals surface area contributed by atoms with E-state index in [0.29, 0.717) is 24.5 Å². The number of aliphatic hydroxyl groups is 1. The summed E-state index contributed by atoms with van der Waals surface area (Å²) in [5, 5.41) is 12.4. The SMILES string of the molecule is CCC(O)c1ccc(OCC(=O)NCc2ccco2)cc1. The molecule has 0 aliphatic rings. The molecule has 2 N–H and O–H groups in total. The van der Waals surface area contributed by atoms with Crippen LogP contribution < -0.4 is 10.1 Å². The number of amides is 1. The van der Waals surface area contributed by atoms with Gasteiger partial charge in [-0.25, -0.2) is 0 Å². The molecule has 0 aliphatic carbocycles. The second kappa shape index (κ2) is 7.50. The molecule has 0 radical (unpaired) electrons. The Morgan fingerprint density at radius 2 is 2.10 bits per heavy atom. The summed E-state index contributed by atoms with van der Waals surface area (Å²) in [6.45, 7) is 2.20. The predicted molar refractivity (Wildman–Crippen MR) is 77.7 cm³/mol. The van der Waals surface area contributed by atoms with Crippen LogP contribution in [0.4, 0.5) is 0 Å². The van der Waals surface area contributed by atoms with Gasteiger partial charge in [0.2, 0.25) is 0 Å². The van der Waals surface area contributed by atoms with Crippen molar-refractivity contribution in [2.45, 2.75) is 26.0 Å². The molecule has 5 heteroatoms. The number of furan rings is 1. The van der Waals surface area contributed by atoms with Gasteiger partial charge in [-0.15, -0.1) is 0 Å². The van der Waals surface area contributed by atoms with E-state index in [0.717, 1.165) is 5.56 Å². The van der Waals surface area contributed by atoms with Gasteiger partial charge in [0.25, 0.3) is 5.91 Å². The number of hydrogen-bond acceptors (Lipinski definition) is 4. The monoisotopic (exact) mass is 289 g/mol. The van der Waals surface area contributed by atoms with Crippen molar-refractivity contribution < 1.29 is 19.1 Å². The fourth-order valence-electron chi connectivity index (χ4n) is 1.82. The minimum atomic E-state index is -0.462. The molecule has 1 atom stereocenters. The Morgan fingerprint density at radius 3 is 2.71 bits per heavy atom. The highest BCUT2D eigenvalue weighted by atomic mass is 16.5. The molecule has 1 aromatic carbocycles. The van der Waals surface area contributed by atoms with Crippen LogP contribution >= 0.6 is 0 Å². The normalized spacial score (nSPS) is 11.9. The van der Waals surface area contributed by atoms with Crippen molar-refractivity contribution in [1.82, 2.24) is 5.32 Å². The number of aliphatic hydroxyl groups excluding tert-OH is 1. The van der Waals surface area contributed by atoms with Crippen LogP contribution in [0.5, 0.6) is 5.75 Å². The lowest BCUT2D eigenvalue weighted by Gasteiger charge is -2.10. The lowest BCUT2D eigenvalue weighted by atomic mass is 10.1. The van der Waals surface area contributed by atoms with Crippen molar-refractivity contribution in [3.8, 4) is 5.75 Å². The van der Waals surface area contributed by atoms with Crippen molar-refractivity contribution in [1.29, 1.82) is 0 Å². The third-order valence-corrected chi connectivity index (χ3v) is 3.06. The van der Waals surface area contributed by atoms with Crippen LogP contribution in [-0.4, -0.2) is 17.6 Å². The quantitative estimate of drug-likeness (QED) is 0.821. The Hall–Kier alpha value is -2.27. The smallest absolute Gasteiger partial charge is 0.258 e. The maximum Gasteiger partial charge on any atom is 0.258 e. The maximum absolute atomic E-state index is 11.6. The first-order valence-corrected chi connectivity index (χ1v) is 6.89. The Bertz CT molecular complexity index is 548. The zero-order valence-electron chi connectivity index (χ0n) is 11.9. The van der Waals surface area contributed by atoms with Crippen LogP contribution in [-0.2, 0) is 11.3 Å². The molecular weight excluding hydrogens is 270 g/mol. The molecule has 0 saturated heterocycles. The molecule has 0 fully saturated rings. The van der Waals surface area contributed by atoms with E-state index in [1.807, 2.05) is 6.92 Å². The van der Waals surface area contributed by atoms with E-state index in [9.17, 15) is 9.90 Å². The summed E-state index contributed by atoms with van der Waals surface area (Å²) in [6.07, 6.45) is 1.76. The topological polar surface area (TPSA) is 71.7 Å². The Kier molecular flexibility index (Phi) is 5.40. The average molecular weight is 289 g/mol. The van der Waals surface area contributed by atoms with Crippen LogP contribution in [0.25, 0.3) is 0 Å². The first-order valence-electron chi connectivity index (χ1n) is 6.89. The molecule has 1 amide bonds. The van der Waals surface area contributed by atoms with Gasteiger partial charge in [0, 0.05) is 0 Å². The van der Waals surface area contributed by atoms with E-state index in [1.165, 1.54) is 0 Å². The summed E-state index contributed by atoms with van der Waals surface area (Å²) in [5.74, 6) is 1.07. The Balaban J connectivity index is 1.75. The van der Waals surface area contributed by atoms with Gasteiger partial charge < -0.3 is 19.6 Å². The van der Waals surface area contributed by atoms with Gasteiger partial charge in [-0.2, -0.15) is 0 Å². The molecule has 0 saturated carbocycles. The van der Waals surface area contributed by atoms with Crippen molar-refractivity contribution in [2.24, 2.45) is 0 Å². The van der Waals surface area contributed by atoms with Crippen LogP contribution in [0.3, 0.4) is 0 Å². The molecule has 2 aromatic rings. The van der Waals surface area contributed by atoms with Crippen LogP contribution in [0, 0.1) is 0 Å². The molecule has 1 unspecified atom stereocenters. The summed E-state index contributed by atoms with van der Waals surface area (Å²) in [6, 6.07) is 10.6. The molecule has 112 valence electrons. The Labute approximate surface area is 123 Å². The van der Waals surface area contributed by atoms with Gasteiger partial charge >= 0.3 is 0 Å². The lowest BCUT2D eigenvalue weighted by molar-refractivity contribution is -0.123. The zero-order chi connectivity index (χ0) is 15.1. The fourth-order valence-corrected chi connectivity index (χ4v) is 1.82. The molecule has 0 bridgehead atoms. The molecule has 21 heavy (non-hydrogen) atoms. The largest absolute Gasteiger partial charge is 0.484 e. The molecule has 5 nitrogen and oxygen atoms in total. The molecule has 0 spiro atoms. The number of carbonyl (C=O) groups excluding carboxylic acids is 1. The summed E-state index contributed by atoms with van der Waals surface area (Å²) in [4.78, 5) is 11.6. The van der Waals surface area contributed by atoms with Crippen LogP contribution in [0.1, 0.15) is 30.8 Å². The zero-order valence-corrected chi connectivity index (χ0v) is 11.9. The first kappa shape index (κ1) is 15.1. The average Bonchev–Trinajstić information content (AvgIpc) is 3.04. The van der Waals surface area contributed by atoms with Gasteiger partial charge in [0.1, 0.15) is 11.5 Å². The second-order valence-electron chi connectivity index (χ2n) is 4.64. The summed E-state index contributed by atoms with van der Waals surface area (Å²) in [7, 11) is 0. The third kappa shape index (κ3) is 4.65. The molecule has 1 heterocycles. The van der Waals surface area contributed by atoms with Crippen molar-refractivity contribution >= 4 is 5.91 Å². The second-order valence-corrected chi connectivity index (χ2v) is 4.64. The van der Waals surface area contributed by atoms with Crippen molar-refractivity contribution in [2.75, 3.05) is 6.61 Å². The molecular formula is C16H19NO4. The molecule has 2 rings (SSSR count). The molecule has 1 aromatic heterocycles. The van der Waals surface area contributed by atoms with E-state index in [2.05, 4.69) is 5.32 Å². The van der Waals surface area contributed by atoms with E-state index in [1.54, 1.807) is 42.7 Å². The minimum absolute atomic E-state index is 0.0591. The van der Waals surface area contributed by atoms with Gasteiger partial charge in [0.15, 0.2) is 6.61 Å². The lowest BCUT2D eigenvalue weighted by Crippen LogP contribution is -2.28. The van der Waals surface area contributed by atoms with Crippen molar-refractivity contribution in [3.63, 3.8) is 0 Å². The highest BCUT2D eigenvalue weighted by Crippen LogP contribution is 2.19.